The smallest absolute Gasteiger partial charge is 0.178 e. The van der Waals surface area contributed by atoms with Gasteiger partial charge in [-0.05, 0) is 36.4 Å². The van der Waals surface area contributed by atoms with Crippen LogP contribution in [-0.2, 0) is 22.8 Å². The Kier molecular flexibility index (Phi) is 4.49. The van der Waals surface area contributed by atoms with E-state index in [4.69, 9.17) is 4.42 Å². The second-order valence-corrected chi connectivity index (χ2v) is 6.78. The summed E-state index contributed by atoms with van der Waals surface area (Å²) in [5.74, 6) is 1.95. The molecule has 0 saturated carbocycles. The van der Waals surface area contributed by atoms with Crippen molar-refractivity contribution in [1.29, 1.82) is 0 Å². The summed E-state index contributed by atoms with van der Waals surface area (Å²) < 4.78 is 29.0. The average Bonchev–Trinajstić information content (AvgIpc) is 2.93. The van der Waals surface area contributed by atoms with Crippen LogP contribution >= 0.6 is 0 Å². The van der Waals surface area contributed by atoms with Gasteiger partial charge in [-0.1, -0.05) is 13.8 Å². The quantitative estimate of drug-likeness (QED) is 0.888. The molecule has 0 aliphatic rings. The summed E-state index contributed by atoms with van der Waals surface area (Å²) in [6.45, 7) is 4.27. The monoisotopic (exact) mass is 293 g/mol. The molecule has 20 heavy (non-hydrogen) atoms. The van der Waals surface area contributed by atoms with Crippen LogP contribution < -0.4 is 5.32 Å². The minimum Gasteiger partial charge on any atom is -0.464 e. The summed E-state index contributed by atoms with van der Waals surface area (Å²) in [7, 11) is -3.13. The van der Waals surface area contributed by atoms with Crippen molar-refractivity contribution in [3.8, 4) is 0 Å². The van der Waals surface area contributed by atoms with Crippen LogP contribution in [0.15, 0.2) is 45.7 Å². The largest absolute Gasteiger partial charge is 0.464 e. The Balaban J connectivity index is 2.00. The highest BCUT2D eigenvalue weighted by atomic mass is 32.2. The predicted octanol–water partition coefficient (Wildman–Crippen LogP) is 3.25. The standard InChI is InChI=1S/C15H19NO3S/c1-3-13-7-8-14(19-13)11-16-12-5-9-15(10-6-12)20(17,18)4-2/h5-10,16H,3-4,11H2,1-2H3. The molecule has 1 aromatic heterocycles. The van der Waals surface area contributed by atoms with E-state index in [-0.39, 0.29) is 5.75 Å². The molecule has 0 saturated heterocycles. The topological polar surface area (TPSA) is 59.3 Å². The van der Waals surface area contributed by atoms with Crippen molar-refractivity contribution in [2.45, 2.75) is 31.7 Å². The van der Waals surface area contributed by atoms with Crippen LogP contribution in [0.3, 0.4) is 0 Å². The number of hydrogen-bond acceptors (Lipinski definition) is 4. The van der Waals surface area contributed by atoms with E-state index in [0.29, 0.717) is 11.4 Å². The van der Waals surface area contributed by atoms with Crippen LogP contribution in [0.25, 0.3) is 0 Å². The number of sulfone groups is 1. The lowest BCUT2D eigenvalue weighted by Crippen LogP contribution is -2.04. The number of furan rings is 1. The highest BCUT2D eigenvalue weighted by Gasteiger charge is 2.10. The van der Waals surface area contributed by atoms with Crippen molar-refractivity contribution < 1.29 is 12.8 Å². The molecule has 0 amide bonds. The molecule has 0 fully saturated rings. The third kappa shape index (κ3) is 3.42. The van der Waals surface area contributed by atoms with Crippen molar-refractivity contribution >= 4 is 15.5 Å². The Morgan fingerprint density at radius 2 is 1.65 bits per heavy atom. The molecule has 0 bridgehead atoms. The minimum atomic E-state index is -3.13. The van der Waals surface area contributed by atoms with E-state index in [0.717, 1.165) is 23.6 Å². The third-order valence-corrected chi connectivity index (χ3v) is 4.88. The zero-order valence-electron chi connectivity index (χ0n) is 11.7. The zero-order chi connectivity index (χ0) is 14.6. The summed E-state index contributed by atoms with van der Waals surface area (Å²) in [5, 5.41) is 3.21. The van der Waals surface area contributed by atoms with E-state index in [1.54, 1.807) is 31.2 Å². The van der Waals surface area contributed by atoms with Crippen LogP contribution in [0.1, 0.15) is 25.4 Å². The van der Waals surface area contributed by atoms with Gasteiger partial charge in [-0.25, -0.2) is 8.42 Å². The molecule has 0 unspecified atom stereocenters. The lowest BCUT2D eigenvalue weighted by molar-refractivity contribution is 0.476. The Labute approximate surface area is 119 Å². The molecule has 0 aliphatic carbocycles. The third-order valence-electron chi connectivity index (χ3n) is 3.13. The maximum Gasteiger partial charge on any atom is 0.178 e. The van der Waals surface area contributed by atoms with Crippen molar-refractivity contribution in [2.75, 3.05) is 11.1 Å². The highest BCUT2D eigenvalue weighted by Crippen LogP contribution is 2.16. The molecule has 2 aromatic rings. The molecule has 0 radical (unpaired) electrons. The van der Waals surface area contributed by atoms with E-state index < -0.39 is 9.84 Å². The number of aryl methyl sites for hydroxylation is 1. The van der Waals surface area contributed by atoms with Gasteiger partial charge < -0.3 is 9.73 Å². The normalized spacial score (nSPS) is 11.5. The molecule has 0 aliphatic heterocycles. The van der Waals surface area contributed by atoms with Crippen LogP contribution in [0.4, 0.5) is 5.69 Å². The number of anilines is 1. The SMILES string of the molecule is CCc1ccc(CNc2ccc(S(=O)(=O)CC)cc2)o1. The summed E-state index contributed by atoms with van der Waals surface area (Å²) >= 11 is 0. The van der Waals surface area contributed by atoms with Gasteiger partial charge in [0, 0.05) is 12.1 Å². The molecular formula is C15H19NO3S. The second kappa shape index (κ2) is 6.13. The van der Waals surface area contributed by atoms with Gasteiger partial charge in [-0.2, -0.15) is 0 Å². The first-order valence-electron chi connectivity index (χ1n) is 6.69. The van der Waals surface area contributed by atoms with Gasteiger partial charge in [-0.15, -0.1) is 0 Å². The molecule has 0 spiro atoms. The van der Waals surface area contributed by atoms with Gasteiger partial charge in [0.25, 0.3) is 0 Å². The van der Waals surface area contributed by atoms with Crippen molar-refractivity contribution in [1.82, 2.24) is 0 Å². The van der Waals surface area contributed by atoms with Crippen LogP contribution in [0, 0.1) is 0 Å². The Hall–Kier alpha value is -1.75. The summed E-state index contributed by atoms with van der Waals surface area (Å²) in [6, 6.07) is 10.7. The first-order valence-corrected chi connectivity index (χ1v) is 8.34. The number of nitrogens with one attached hydrogen (secondary N) is 1. The number of rotatable bonds is 6. The van der Waals surface area contributed by atoms with Gasteiger partial charge in [0.05, 0.1) is 17.2 Å². The first kappa shape index (κ1) is 14.7. The molecule has 2 rings (SSSR count). The maximum absolute atomic E-state index is 11.7. The van der Waals surface area contributed by atoms with Gasteiger partial charge in [0.1, 0.15) is 11.5 Å². The maximum atomic E-state index is 11.7. The molecule has 1 heterocycles. The van der Waals surface area contributed by atoms with Gasteiger partial charge >= 0.3 is 0 Å². The first-order chi connectivity index (χ1) is 9.55. The molecule has 0 atom stereocenters. The molecule has 1 N–H and O–H groups in total. The number of hydrogen-bond donors (Lipinski definition) is 1. The Morgan fingerprint density at radius 3 is 2.20 bits per heavy atom. The fourth-order valence-electron chi connectivity index (χ4n) is 1.84. The summed E-state index contributed by atoms with van der Waals surface area (Å²) in [6.07, 6.45) is 0.879. The van der Waals surface area contributed by atoms with E-state index in [9.17, 15) is 8.42 Å². The van der Waals surface area contributed by atoms with Crippen LogP contribution in [-0.4, -0.2) is 14.2 Å². The Morgan fingerprint density at radius 1 is 1.00 bits per heavy atom. The zero-order valence-corrected chi connectivity index (χ0v) is 12.5. The second-order valence-electron chi connectivity index (χ2n) is 4.50. The van der Waals surface area contributed by atoms with Gasteiger partial charge in [-0.3, -0.25) is 0 Å². The molecule has 108 valence electrons. The minimum absolute atomic E-state index is 0.117. The molecule has 4 nitrogen and oxygen atoms in total. The van der Waals surface area contributed by atoms with Crippen molar-refractivity contribution in [2.24, 2.45) is 0 Å². The predicted molar refractivity (Wildman–Crippen MR) is 79.6 cm³/mol. The fourth-order valence-corrected chi connectivity index (χ4v) is 2.73. The van der Waals surface area contributed by atoms with E-state index in [1.165, 1.54) is 0 Å². The summed E-state index contributed by atoms with van der Waals surface area (Å²) in [5.41, 5.74) is 0.870. The van der Waals surface area contributed by atoms with E-state index in [1.807, 2.05) is 19.1 Å². The lowest BCUT2D eigenvalue weighted by Gasteiger charge is -2.06. The van der Waals surface area contributed by atoms with Crippen molar-refractivity contribution in [3.63, 3.8) is 0 Å². The van der Waals surface area contributed by atoms with Crippen LogP contribution in [0.5, 0.6) is 0 Å². The van der Waals surface area contributed by atoms with Gasteiger partial charge in [0.15, 0.2) is 9.84 Å². The lowest BCUT2D eigenvalue weighted by atomic mass is 10.3. The fraction of sp³-hybridized carbons (Fsp3) is 0.333. The highest BCUT2D eigenvalue weighted by molar-refractivity contribution is 7.91. The summed E-state index contributed by atoms with van der Waals surface area (Å²) in [4.78, 5) is 0.358. The molecule has 1 aromatic carbocycles. The van der Waals surface area contributed by atoms with Crippen molar-refractivity contribution in [3.05, 3.63) is 47.9 Å². The van der Waals surface area contributed by atoms with E-state index >= 15 is 0 Å². The van der Waals surface area contributed by atoms with Gasteiger partial charge in [0.2, 0.25) is 0 Å². The number of benzene rings is 1. The molecular weight excluding hydrogens is 274 g/mol. The molecule has 5 heteroatoms. The van der Waals surface area contributed by atoms with E-state index in [2.05, 4.69) is 5.32 Å². The van der Waals surface area contributed by atoms with Crippen LogP contribution in [0.2, 0.25) is 0 Å². The Bertz CT molecular complexity index is 657. The average molecular weight is 293 g/mol.